The Morgan fingerprint density at radius 2 is 1.95 bits per heavy atom. The van der Waals surface area contributed by atoms with Crippen molar-refractivity contribution in [2.45, 2.75) is 44.6 Å². The minimum Gasteiger partial charge on any atom is -0.482 e. The third kappa shape index (κ3) is 3.17. The fourth-order valence-electron chi connectivity index (χ4n) is 2.98. The molecule has 1 aromatic rings. The molecular weight excluding hydrogens is 268 g/mol. The fourth-order valence-corrected chi connectivity index (χ4v) is 2.98. The van der Waals surface area contributed by atoms with Crippen LogP contribution in [-0.4, -0.2) is 24.5 Å². The number of ether oxygens (including phenoxy) is 1. The molecule has 0 atom stereocenters. The smallest absolute Gasteiger partial charge is 0.262 e. The van der Waals surface area contributed by atoms with Gasteiger partial charge in [-0.1, -0.05) is 31.7 Å². The molecule has 2 amide bonds. The van der Waals surface area contributed by atoms with Crippen molar-refractivity contribution in [2.24, 2.45) is 0 Å². The summed E-state index contributed by atoms with van der Waals surface area (Å²) in [4.78, 5) is 24.0. The van der Waals surface area contributed by atoms with Crippen molar-refractivity contribution in [1.29, 1.82) is 0 Å². The van der Waals surface area contributed by atoms with E-state index >= 15 is 0 Å². The van der Waals surface area contributed by atoms with Crippen LogP contribution in [0.15, 0.2) is 18.2 Å². The number of amides is 2. The van der Waals surface area contributed by atoms with Gasteiger partial charge < -0.3 is 15.4 Å². The summed E-state index contributed by atoms with van der Waals surface area (Å²) in [7, 11) is 0. The van der Waals surface area contributed by atoms with Crippen molar-refractivity contribution in [3.63, 3.8) is 0 Å². The molecule has 21 heavy (non-hydrogen) atoms. The van der Waals surface area contributed by atoms with Crippen LogP contribution < -0.4 is 15.4 Å². The zero-order chi connectivity index (χ0) is 14.7. The maximum Gasteiger partial charge on any atom is 0.262 e. The second kappa shape index (κ2) is 6.16. The van der Waals surface area contributed by atoms with E-state index in [1.165, 1.54) is 12.8 Å². The molecule has 0 saturated heterocycles. The first-order valence-electron chi connectivity index (χ1n) is 7.60. The van der Waals surface area contributed by atoms with Crippen LogP contribution in [0.4, 0.5) is 5.69 Å². The number of nitrogens with one attached hydrogen (secondary N) is 2. The fraction of sp³-hybridized carbons (Fsp3) is 0.500. The number of rotatable bonds is 2. The van der Waals surface area contributed by atoms with Gasteiger partial charge in [0.15, 0.2) is 6.61 Å². The highest BCUT2D eigenvalue weighted by Gasteiger charge is 2.23. The van der Waals surface area contributed by atoms with Crippen LogP contribution in [0.5, 0.6) is 5.75 Å². The summed E-state index contributed by atoms with van der Waals surface area (Å²) in [6.45, 7) is 0.000692. The Balaban J connectivity index is 1.76. The van der Waals surface area contributed by atoms with E-state index in [0.717, 1.165) is 25.7 Å². The molecule has 1 aliphatic heterocycles. The SMILES string of the molecule is O=C1COc2cccc(C(=O)NC3CCCCCC3)c2N1. The predicted molar refractivity (Wildman–Crippen MR) is 79.5 cm³/mol. The monoisotopic (exact) mass is 288 g/mol. The summed E-state index contributed by atoms with van der Waals surface area (Å²) >= 11 is 0. The highest BCUT2D eigenvalue weighted by molar-refractivity contribution is 6.06. The van der Waals surface area contributed by atoms with E-state index in [1.54, 1.807) is 18.2 Å². The van der Waals surface area contributed by atoms with E-state index in [-0.39, 0.29) is 24.5 Å². The predicted octanol–water partition coefficient (Wildman–Crippen LogP) is 2.47. The molecule has 5 heteroatoms. The van der Waals surface area contributed by atoms with Gasteiger partial charge in [-0.05, 0) is 25.0 Å². The molecule has 1 aromatic carbocycles. The molecule has 1 heterocycles. The van der Waals surface area contributed by atoms with E-state index in [9.17, 15) is 9.59 Å². The largest absolute Gasteiger partial charge is 0.482 e. The summed E-state index contributed by atoms with van der Waals surface area (Å²) in [5.74, 6) is 0.199. The molecular formula is C16H20N2O3. The lowest BCUT2D eigenvalue weighted by atomic mass is 10.1. The average Bonchev–Trinajstić information content (AvgIpc) is 2.75. The van der Waals surface area contributed by atoms with Gasteiger partial charge in [-0.3, -0.25) is 9.59 Å². The van der Waals surface area contributed by atoms with Gasteiger partial charge in [0.05, 0.1) is 11.3 Å². The van der Waals surface area contributed by atoms with E-state index in [0.29, 0.717) is 17.0 Å². The highest BCUT2D eigenvalue weighted by Crippen LogP contribution is 2.31. The van der Waals surface area contributed by atoms with E-state index < -0.39 is 0 Å². The van der Waals surface area contributed by atoms with Crippen molar-refractivity contribution in [1.82, 2.24) is 5.32 Å². The second-order valence-electron chi connectivity index (χ2n) is 5.68. The Bertz CT molecular complexity index is 548. The lowest BCUT2D eigenvalue weighted by molar-refractivity contribution is -0.118. The number of para-hydroxylation sites is 1. The number of fused-ring (bicyclic) bond motifs is 1. The summed E-state index contributed by atoms with van der Waals surface area (Å²) in [6, 6.07) is 5.49. The van der Waals surface area contributed by atoms with Crippen LogP contribution in [0.2, 0.25) is 0 Å². The van der Waals surface area contributed by atoms with Crippen molar-refractivity contribution < 1.29 is 14.3 Å². The zero-order valence-electron chi connectivity index (χ0n) is 12.0. The Morgan fingerprint density at radius 1 is 1.19 bits per heavy atom. The maximum absolute atomic E-state index is 12.5. The van der Waals surface area contributed by atoms with Gasteiger partial charge in [-0.25, -0.2) is 0 Å². The summed E-state index contributed by atoms with van der Waals surface area (Å²) in [5.41, 5.74) is 0.963. The van der Waals surface area contributed by atoms with Crippen LogP contribution >= 0.6 is 0 Å². The molecule has 1 fully saturated rings. The number of carbonyl (C=O) groups excluding carboxylic acids is 2. The van der Waals surface area contributed by atoms with E-state index in [4.69, 9.17) is 4.74 Å². The van der Waals surface area contributed by atoms with Crippen molar-refractivity contribution in [3.8, 4) is 5.75 Å². The van der Waals surface area contributed by atoms with Crippen LogP contribution in [0.1, 0.15) is 48.9 Å². The summed E-state index contributed by atoms with van der Waals surface area (Å²) in [6.07, 6.45) is 6.89. The topological polar surface area (TPSA) is 67.4 Å². The Hall–Kier alpha value is -2.04. The van der Waals surface area contributed by atoms with Crippen molar-refractivity contribution >= 4 is 17.5 Å². The molecule has 2 N–H and O–H groups in total. The molecule has 3 rings (SSSR count). The lowest BCUT2D eigenvalue weighted by Gasteiger charge is -2.22. The van der Waals surface area contributed by atoms with Crippen LogP contribution in [0.3, 0.4) is 0 Å². The van der Waals surface area contributed by atoms with Crippen molar-refractivity contribution in [3.05, 3.63) is 23.8 Å². The quantitative estimate of drug-likeness (QED) is 0.821. The molecule has 0 bridgehead atoms. The van der Waals surface area contributed by atoms with Gasteiger partial charge in [0, 0.05) is 6.04 Å². The molecule has 2 aliphatic rings. The van der Waals surface area contributed by atoms with Gasteiger partial charge >= 0.3 is 0 Å². The van der Waals surface area contributed by atoms with Gasteiger partial charge in [-0.2, -0.15) is 0 Å². The Kier molecular flexibility index (Phi) is 4.08. The minimum absolute atomic E-state index is 0.000692. The highest BCUT2D eigenvalue weighted by atomic mass is 16.5. The molecule has 0 spiro atoms. The number of carbonyl (C=O) groups is 2. The summed E-state index contributed by atoms with van der Waals surface area (Å²) in [5, 5.41) is 5.83. The second-order valence-corrected chi connectivity index (χ2v) is 5.68. The first-order chi connectivity index (χ1) is 10.2. The Labute approximate surface area is 124 Å². The van der Waals surface area contributed by atoms with E-state index in [1.807, 2.05) is 0 Å². The standard InChI is InChI=1S/C16H20N2O3/c19-14-10-21-13-9-5-8-12(15(13)18-14)16(20)17-11-6-3-1-2-4-7-11/h5,8-9,11H,1-4,6-7,10H2,(H,17,20)(H,18,19). The molecule has 0 unspecified atom stereocenters. The molecule has 1 saturated carbocycles. The molecule has 1 aliphatic carbocycles. The normalized spacial score (nSPS) is 19.0. The van der Waals surface area contributed by atoms with Gasteiger partial charge in [0.2, 0.25) is 0 Å². The molecule has 5 nitrogen and oxygen atoms in total. The van der Waals surface area contributed by atoms with Gasteiger partial charge in [0.1, 0.15) is 5.75 Å². The number of anilines is 1. The lowest BCUT2D eigenvalue weighted by Crippen LogP contribution is -2.36. The molecule has 0 aromatic heterocycles. The van der Waals surface area contributed by atoms with Crippen molar-refractivity contribution in [2.75, 3.05) is 11.9 Å². The summed E-state index contributed by atoms with van der Waals surface area (Å²) < 4.78 is 5.34. The third-order valence-corrected chi connectivity index (χ3v) is 4.08. The van der Waals surface area contributed by atoms with E-state index in [2.05, 4.69) is 10.6 Å². The number of hydrogen-bond donors (Lipinski definition) is 2. The van der Waals surface area contributed by atoms with Crippen LogP contribution in [0.25, 0.3) is 0 Å². The number of hydrogen-bond acceptors (Lipinski definition) is 3. The van der Waals surface area contributed by atoms with Crippen LogP contribution in [0, 0.1) is 0 Å². The maximum atomic E-state index is 12.5. The molecule has 112 valence electrons. The Morgan fingerprint density at radius 3 is 2.71 bits per heavy atom. The van der Waals surface area contributed by atoms with Crippen LogP contribution in [-0.2, 0) is 4.79 Å². The first kappa shape index (κ1) is 13.9. The zero-order valence-corrected chi connectivity index (χ0v) is 12.0. The van der Waals surface area contributed by atoms with Gasteiger partial charge in [-0.15, -0.1) is 0 Å². The minimum atomic E-state index is -0.225. The average molecular weight is 288 g/mol. The first-order valence-corrected chi connectivity index (χ1v) is 7.60. The van der Waals surface area contributed by atoms with Gasteiger partial charge in [0.25, 0.3) is 11.8 Å². The molecule has 0 radical (unpaired) electrons. The third-order valence-electron chi connectivity index (χ3n) is 4.08. The number of benzene rings is 1.